The number of hydrogen-bond acceptors (Lipinski definition) is 4. The molecule has 0 atom stereocenters. The van der Waals surface area contributed by atoms with E-state index in [1.54, 1.807) is 11.3 Å². The van der Waals surface area contributed by atoms with E-state index in [0.29, 0.717) is 5.13 Å². The Hall–Kier alpha value is -1.20. The van der Waals surface area contributed by atoms with Gasteiger partial charge in [0.15, 0.2) is 5.13 Å². The molecule has 0 radical (unpaired) electrons. The lowest BCUT2D eigenvalue weighted by Crippen LogP contribution is -2.15. The Morgan fingerprint density at radius 1 is 1.19 bits per heavy atom. The molecule has 5 heteroatoms. The second kappa shape index (κ2) is 5.54. The number of aryl methyl sites for hydroxylation is 1. The number of amides is 1. The first kappa shape index (κ1) is 14.7. The van der Waals surface area contributed by atoms with Gasteiger partial charge in [-0.05, 0) is 42.2 Å². The van der Waals surface area contributed by atoms with Gasteiger partial charge in [0.05, 0.1) is 10.6 Å². The van der Waals surface area contributed by atoms with E-state index in [2.05, 4.69) is 36.5 Å². The predicted molar refractivity (Wildman–Crippen MR) is 89.7 cm³/mol. The molecule has 2 heterocycles. The van der Waals surface area contributed by atoms with Crippen molar-refractivity contribution >= 4 is 33.7 Å². The Kier molecular flexibility index (Phi) is 3.88. The lowest BCUT2D eigenvalue weighted by Gasteiger charge is -2.14. The van der Waals surface area contributed by atoms with Gasteiger partial charge in [-0.2, -0.15) is 0 Å². The number of nitrogens with zero attached hydrogens (tertiary/aromatic N) is 1. The van der Waals surface area contributed by atoms with E-state index in [9.17, 15) is 4.79 Å². The second-order valence-corrected chi connectivity index (χ2v) is 8.26. The lowest BCUT2D eigenvalue weighted by atomic mass is 9.93. The lowest BCUT2D eigenvalue weighted by molar-refractivity contribution is 0.102. The van der Waals surface area contributed by atoms with Gasteiger partial charge >= 0.3 is 0 Å². The number of hydrogen-bond donors (Lipinski definition) is 1. The SMILES string of the molecule is CC(C)(C)c1csc(NC(=O)c2scc3c2CCCC3)n1. The molecule has 0 saturated heterocycles. The summed E-state index contributed by atoms with van der Waals surface area (Å²) in [6.45, 7) is 6.38. The zero-order valence-electron chi connectivity index (χ0n) is 12.7. The van der Waals surface area contributed by atoms with Crippen LogP contribution in [0.1, 0.15) is 60.1 Å². The van der Waals surface area contributed by atoms with Gasteiger partial charge in [-0.1, -0.05) is 20.8 Å². The molecule has 0 spiro atoms. The van der Waals surface area contributed by atoms with Gasteiger partial charge in [0.1, 0.15) is 0 Å². The third kappa shape index (κ3) is 3.04. The van der Waals surface area contributed by atoms with Crippen LogP contribution in [-0.4, -0.2) is 10.9 Å². The average molecular weight is 320 g/mol. The molecule has 0 bridgehead atoms. The molecule has 0 aliphatic heterocycles. The molecule has 1 amide bonds. The van der Waals surface area contributed by atoms with Crippen LogP contribution >= 0.6 is 22.7 Å². The number of anilines is 1. The molecule has 3 nitrogen and oxygen atoms in total. The van der Waals surface area contributed by atoms with Crippen LogP contribution in [0.25, 0.3) is 0 Å². The average Bonchev–Trinajstić information content (AvgIpc) is 3.03. The van der Waals surface area contributed by atoms with Gasteiger partial charge < -0.3 is 0 Å². The summed E-state index contributed by atoms with van der Waals surface area (Å²) >= 11 is 3.07. The molecule has 0 saturated carbocycles. The highest BCUT2D eigenvalue weighted by Crippen LogP contribution is 2.31. The fourth-order valence-corrected chi connectivity index (χ4v) is 4.53. The Bertz CT molecular complexity index is 664. The highest BCUT2D eigenvalue weighted by molar-refractivity contribution is 7.14. The highest BCUT2D eigenvalue weighted by Gasteiger charge is 2.22. The van der Waals surface area contributed by atoms with Crippen molar-refractivity contribution in [1.82, 2.24) is 4.98 Å². The van der Waals surface area contributed by atoms with Crippen molar-refractivity contribution in [1.29, 1.82) is 0 Å². The maximum Gasteiger partial charge on any atom is 0.267 e. The molecular formula is C16H20N2OS2. The van der Waals surface area contributed by atoms with Gasteiger partial charge in [-0.15, -0.1) is 22.7 Å². The van der Waals surface area contributed by atoms with E-state index in [4.69, 9.17) is 0 Å². The van der Waals surface area contributed by atoms with Crippen molar-refractivity contribution in [2.45, 2.75) is 51.9 Å². The third-order valence-corrected chi connectivity index (χ3v) is 5.63. The molecule has 2 aromatic heterocycles. The van der Waals surface area contributed by atoms with Gasteiger partial charge in [0.2, 0.25) is 0 Å². The van der Waals surface area contributed by atoms with Gasteiger partial charge in [0.25, 0.3) is 5.91 Å². The Balaban J connectivity index is 1.78. The van der Waals surface area contributed by atoms with E-state index in [-0.39, 0.29) is 11.3 Å². The van der Waals surface area contributed by atoms with E-state index >= 15 is 0 Å². The molecule has 1 N–H and O–H groups in total. The molecule has 0 unspecified atom stereocenters. The molecule has 3 rings (SSSR count). The zero-order valence-corrected chi connectivity index (χ0v) is 14.3. The minimum absolute atomic E-state index is 0.00189. The summed E-state index contributed by atoms with van der Waals surface area (Å²) in [7, 11) is 0. The number of carbonyl (C=O) groups excluding carboxylic acids is 1. The summed E-state index contributed by atoms with van der Waals surface area (Å²) in [4.78, 5) is 17.9. The van der Waals surface area contributed by atoms with Crippen molar-refractivity contribution in [2.24, 2.45) is 0 Å². The predicted octanol–water partition coefficient (Wildman–Crippen LogP) is 4.63. The van der Waals surface area contributed by atoms with Gasteiger partial charge in [-0.25, -0.2) is 4.98 Å². The van der Waals surface area contributed by atoms with Crippen LogP contribution in [-0.2, 0) is 18.3 Å². The quantitative estimate of drug-likeness (QED) is 0.876. The minimum Gasteiger partial charge on any atom is -0.297 e. The normalized spacial score (nSPS) is 14.8. The summed E-state index contributed by atoms with van der Waals surface area (Å²) in [6.07, 6.45) is 4.58. The number of thiazole rings is 1. The standard InChI is InChI=1S/C16H20N2OS2/c1-16(2,3)12-9-21-15(17-12)18-14(19)13-11-7-5-4-6-10(11)8-20-13/h8-9H,4-7H2,1-3H3,(H,17,18,19). The summed E-state index contributed by atoms with van der Waals surface area (Å²) in [6, 6.07) is 0. The minimum atomic E-state index is -0.00189. The molecule has 21 heavy (non-hydrogen) atoms. The zero-order chi connectivity index (χ0) is 15.0. The first-order chi connectivity index (χ1) is 9.95. The molecule has 0 aromatic carbocycles. The van der Waals surface area contributed by atoms with Crippen LogP contribution < -0.4 is 5.32 Å². The summed E-state index contributed by atoms with van der Waals surface area (Å²) in [5.41, 5.74) is 3.67. The maximum absolute atomic E-state index is 12.5. The van der Waals surface area contributed by atoms with E-state index < -0.39 is 0 Å². The van der Waals surface area contributed by atoms with Crippen LogP contribution in [0.15, 0.2) is 10.8 Å². The molecule has 1 aliphatic rings. The summed E-state index contributed by atoms with van der Waals surface area (Å²) in [5, 5.41) is 7.83. The van der Waals surface area contributed by atoms with Crippen LogP contribution in [0, 0.1) is 0 Å². The Morgan fingerprint density at radius 3 is 2.67 bits per heavy atom. The van der Waals surface area contributed by atoms with Crippen molar-refractivity contribution < 1.29 is 4.79 Å². The topological polar surface area (TPSA) is 42.0 Å². The third-order valence-electron chi connectivity index (χ3n) is 3.80. The molecular weight excluding hydrogens is 300 g/mol. The first-order valence-corrected chi connectivity index (χ1v) is 9.07. The van der Waals surface area contributed by atoms with Crippen LogP contribution in [0.3, 0.4) is 0 Å². The van der Waals surface area contributed by atoms with Crippen molar-refractivity contribution in [3.05, 3.63) is 32.5 Å². The Morgan fingerprint density at radius 2 is 1.95 bits per heavy atom. The Labute approximate surface area is 133 Å². The highest BCUT2D eigenvalue weighted by atomic mass is 32.1. The van der Waals surface area contributed by atoms with Crippen LogP contribution in [0.5, 0.6) is 0 Å². The fraction of sp³-hybridized carbons (Fsp3) is 0.500. The molecule has 0 fully saturated rings. The number of thiophene rings is 1. The molecule has 2 aromatic rings. The van der Waals surface area contributed by atoms with E-state index in [0.717, 1.165) is 23.4 Å². The van der Waals surface area contributed by atoms with E-state index in [1.165, 1.54) is 35.3 Å². The fourth-order valence-electron chi connectivity index (χ4n) is 2.54. The molecule has 1 aliphatic carbocycles. The number of aromatic nitrogens is 1. The molecule has 112 valence electrons. The van der Waals surface area contributed by atoms with Gasteiger partial charge in [0, 0.05) is 10.8 Å². The van der Waals surface area contributed by atoms with Crippen molar-refractivity contribution in [2.75, 3.05) is 5.32 Å². The number of carbonyl (C=O) groups is 1. The van der Waals surface area contributed by atoms with Crippen LogP contribution in [0.4, 0.5) is 5.13 Å². The van der Waals surface area contributed by atoms with Gasteiger partial charge in [-0.3, -0.25) is 10.1 Å². The first-order valence-electron chi connectivity index (χ1n) is 7.32. The second-order valence-electron chi connectivity index (χ2n) is 6.52. The maximum atomic E-state index is 12.5. The van der Waals surface area contributed by atoms with E-state index in [1.807, 2.05) is 5.38 Å². The number of nitrogens with one attached hydrogen (secondary N) is 1. The van der Waals surface area contributed by atoms with Crippen molar-refractivity contribution in [3.63, 3.8) is 0 Å². The largest absolute Gasteiger partial charge is 0.297 e. The smallest absolute Gasteiger partial charge is 0.267 e. The van der Waals surface area contributed by atoms with Crippen molar-refractivity contribution in [3.8, 4) is 0 Å². The number of fused-ring (bicyclic) bond motifs is 1. The summed E-state index contributed by atoms with van der Waals surface area (Å²) in [5.74, 6) is -0.00189. The monoisotopic (exact) mass is 320 g/mol. The summed E-state index contributed by atoms with van der Waals surface area (Å²) < 4.78 is 0. The van der Waals surface area contributed by atoms with Crippen LogP contribution in [0.2, 0.25) is 0 Å². The number of rotatable bonds is 2.